The topological polar surface area (TPSA) is 29.1 Å². The summed E-state index contributed by atoms with van der Waals surface area (Å²) in [4.78, 5) is 12.0. The second kappa shape index (κ2) is 4.83. The first kappa shape index (κ1) is 11.4. The summed E-state index contributed by atoms with van der Waals surface area (Å²) in [6.07, 6.45) is 6.09. The fourth-order valence-electron chi connectivity index (χ4n) is 1.80. The molecule has 0 saturated heterocycles. The molecule has 0 heterocycles. The van der Waals surface area contributed by atoms with Crippen molar-refractivity contribution in [1.29, 1.82) is 0 Å². The minimum Gasteiger partial charge on any atom is -0.349 e. The highest BCUT2D eigenvalue weighted by atomic mass is 79.9. The Morgan fingerprint density at radius 1 is 1.38 bits per heavy atom. The SMILES string of the molecule is Cc1ccc(C(=O)NC2CC=CC2)c(Br)c1. The normalized spacial score (nSPS) is 15.4. The lowest BCUT2D eigenvalue weighted by molar-refractivity contribution is 0.0938. The van der Waals surface area contributed by atoms with Gasteiger partial charge in [-0.05, 0) is 53.4 Å². The molecule has 0 radical (unpaired) electrons. The van der Waals surface area contributed by atoms with Gasteiger partial charge in [-0.15, -0.1) is 0 Å². The first-order chi connectivity index (χ1) is 7.66. The zero-order valence-corrected chi connectivity index (χ0v) is 10.8. The molecule has 1 aromatic rings. The van der Waals surface area contributed by atoms with Gasteiger partial charge in [-0.1, -0.05) is 18.2 Å². The third-order valence-corrected chi connectivity index (χ3v) is 3.37. The van der Waals surface area contributed by atoms with Crippen molar-refractivity contribution in [2.24, 2.45) is 0 Å². The van der Waals surface area contributed by atoms with Crippen LogP contribution >= 0.6 is 15.9 Å². The van der Waals surface area contributed by atoms with Crippen LogP contribution in [-0.2, 0) is 0 Å². The quantitative estimate of drug-likeness (QED) is 0.828. The average molecular weight is 280 g/mol. The van der Waals surface area contributed by atoms with Crippen LogP contribution < -0.4 is 5.32 Å². The van der Waals surface area contributed by atoms with Gasteiger partial charge in [-0.25, -0.2) is 0 Å². The van der Waals surface area contributed by atoms with Gasteiger partial charge < -0.3 is 5.32 Å². The fraction of sp³-hybridized carbons (Fsp3) is 0.308. The lowest BCUT2D eigenvalue weighted by Crippen LogP contribution is -2.33. The number of halogens is 1. The third-order valence-electron chi connectivity index (χ3n) is 2.71. The van der Waals surface area contributed by atoms with Crippen molar-refractivity contribution < 1.29 is 4.79 Å². The molecule has 0 fully saturated rings. The van der Waals surface area contributed by atoms with Crippen molar-refractivity contribution in [2.45, 2.75) is 25.8 Å². The van der Waals surface area contributed by atoms with E-state index >= 15 is 0 Å². The van der Waals surface area contributed by atoms with Crippen LogP contribution in [0, 0.1) is 6.92 Å². The van der Waals surface area contributed by atoms with Gasteiger partial charge >= 0.3 is 0 Å². The summed E-state index contributed by atoms with van der Waals surface area (Å²) in [6.45, 7) is 2.01. The molecule has 1 N–H and O–H groups in total. The molecule has 0 bridgehead atoms. The Balaban J connectivity index is 2.08. The summed E-state index contributed by atoms with van der Waals surface area (Å²) in [6, 6.07) is 6.03. The molecule has 0 aromatic heterocycles. The lowest BCUT2D eigenvalue weighted by atomic mass is 10.1. The van der Waals surface area contributed by atoms with Crippen molar-refractivity contribution in [3.8, 4) is 0 Å². The number of rotatable bonds is 2. The number of carbonyl (C=O) groups excluding carboxylic acids is 1. The van der Waals surface area contributed by atoms with Gasteiger partial charge in [0.1, 0.15) is 0 Å². The summed E-state index contributed by atoms with van der Waals surface area (Å²) in [7, 11) is 0. The van der Waals surface area contributed by atoms with Gasteiger partial charge in [0.05, 0.1) is 5.56 Å². The Bertz CT molecular complexity index is 432. The minimum atomic E-state index is 0.000532. The number of amides is 1. The van der Waals surface area contributed by atoms with Crippen LogP contribution in [0.25, 0.3) is 0 Å². The number of nitrogens with one attached hydrogen (secondary N) is 1. The molecule has 2 rings (SSSR count). The molecule has 0 unspecified atom stereocenters. The van der Waals surface area contributed by atoms with Crippen molar-refractivity contribution in [3.63, 3.8) is 0 Å². The number of benzene rings is 1. The molecule has 1 aliphatic carbocycles. The van der Waals surface area contributed by atoms with Gasteiger partial charge in [0, 0.05) is 10.5 Å². The van der Waals surface area contributed by atoms with Crippen LogP contribution in [0.2, 0.25) is 0 Å². The Labute approximate surface area is 104 Å². The summed E-state index contributed by atoms with van der Waals surface area (Å²) < 4.78 is 0.857. The predicted octanol–water partition coefficient (Wildman–Crippen LogP) is 3.21. The standard InChI is InChI=1S/C13H14BrNO/c1-9-6-7-11(12(14)8-9)13(16)15-10-4-2-3-5-10/h2-3,6-8,10H,4-5H2,1H3,(H,15,16). The summed E-state index contributed by atoms with van der Waals surface area (Å²) in [5.41, 5.74) is 1.85. The zero-order chi connectivity index (χ0) is 11.5. The van der Waals surface area contributed by atoms with Crippen LogP contribution in [0.15, 0.2) is 34.8 Å². The summed E-state index contributed by atoms with van der Waals surface area (Å²) in [5, 5.41) is 3.02. The summed E-state index contributed by atoms with van der Waals surface area (Å²) in [5.74, 6) is 0.000532. The van der Waals surface area contributed by atoms with Gasteiger partial charge in [-0.2, -0.15) is 0 Å². The second-order valence-corrected chi connectivity index (χ2v) is 4.95. The van der Waals surface area contributed by atoms with E-state index in [2.05, 4.69) is 33.4 Å². The van der Waals surface area contributed by atoms with Crippen LogP contribution in [0.4, 0.5) is 0 Å². The van der Waals surface area contributed by atoms with E-state index in [0.717, 1.165) is 22.9 Å². The smallest absolute Gasteiger partial charge is 0.252 e. The number of carbonyl (C=O) groups is 1. The lowest BCUT2D eigenvalue weighted by Gasteiger charge is -2.13. The van der Waals surface area contributed by atoms with E-state index in [1.165, 1.54) is 0 Å². The Kier molecular flexibility index (Phi) is 3.44. The molecule has 2 nitrogen and oxygen atoms in total. The van der Waals surface area contributed by atoms with Gasteiger partial charge in [0.2, 0.25) is 0 Å². The zero-order valence-electron chi connectivity index (χ0n) is 9.16. The summed E-state index contributed by atoms with van der Waals surface area (Å²) >= 11 is 3.42. The minimum absolute atomic E-state index is 0.000532. The molecular formula is C13H14BrNO. The maximum absolute atomic E-state index is 12.0. The largest absolute Gasteiger partial charge is 0.349 e. The van der Waals surface area contributed by atoms with Gasteiger partial charge in [0.15, 0.2) is 0 Å². The second-order valence-electron chi connectivity index (χ2n) is 4.10. The van der Waals surface area contributed by atoms with E-state index < -0.39 is 0 Å². The van der Waals surface area contributed by atoms with Crippen molar-refractivity contribution in [2.75, 3.05) is 0 Å². The van der Waals surface area contributed by atoms with Gasteiger partial charge in [0.25, 0.3) is 5.91 Å². The predicted molar refractivity (Wildman–Crippen MR) is 68.5 cm³/mol. The van der Waals surface area contributed by atoms with E-state index in [4.69, 9.17) is 0 Å². The highest BCUT2D eigenvalue weighted by molar-refractivity contribution is 9.10. The maximum atomic E-state index is 12.0. The number of hydrogen-bond donors (Lipinski definition) is 1. The molecule has 1 amide bonds. The van der Waals surface area contributed by atoms with Crippen molar-refractivity contribution in [1.82, 2.24) is 5.32 Å². The van der Waals surface area contributed by atoms with Gasteiger partial charge in [-0.3, -0.25) is 4.79 Å². The van der Waals surface area contributed by atoms with E-state index in [-0.39, 0.29) is 11.9 Å². The molecule has 1 aromatic carbocycles. The van der Waals surface area contributed by atoms with Crippen molar-refractivity contribution in [3.05, 3.63) is 46.0 Å². The third kappa shape index (κ3) is 2.53. The maximum Gasteiger partial charge on any atom is 0.252 e. The number of aryl methyl sites for hydroxylation is 1. The first-order valence-corrected chi connectivity index (χ1v) is 6.18. The van der Waals surface area contributed by atoms with E-state index in [1.807, 2.05) is 25.1 Å². The highest BCUT2D eigenvalue weighted by Gasteiger charge is 2.16. The molecule has 1 aliphatic rings. The van der Waals surface area contributed by atoms with E-state index in [1.54, 1.807) is 0 Å². The van der Waals surface area contributed by atoms with Crippen molar-refractivity contribution >= 4 is 21.8 Å². The molecule has 16 heavy (non-hydrogen) atoms. The Morgan fingerprint density at radius 2 is 2.06 bits per heavy atom. The van der Waals surface area contributed by atoms with Crippen LogP contribution in [0.1, 0.15) is 28.8 Å². The molecular weight excluding hydrogens is 266 g/mol. The Hall–Kier alpha value is -1.09. The highest BCUT2D eigenvalue weighted by Crippen LogP contribution is 2.19. The molecule has 0 atom stereocenters. The monoisotopic (exact) mass is 279 g/mol. The Morgan fingerprint density at radius 3 is 2.69 bits per heavy atom. The first-order valence-electron chi connectivity index (χ1n) is 5.39. The molecule has 0 aliphatic heterocycles. The van der Waals surface area contributed by atoms with Crippen LogP contribution in [-0.4, -0.2) is 11.9 Å². The molecule has 3 heteroatoms. The van der Waals surface area contributed by atoms with E-state index in [0.29, 0.717) is 5.56 Å². The van der Waals surface area contributed by atoms with Crippen LogP contribution in [0.5, 0.6) is 0 Å². The fourth-order valence-corrected chi connectivity index (χ4v) is 2.48. The van der Waals surface area contributed by atoms with Crippen LogP contribution in [0.3, 0.4) is 0 Å². The molecule has 0 spiro atoms. The average Bonchev–Trinajstić information content (AvgIpc) is 2.70. The number of hydrogen-bond acceptors (Lipinski definition) is 1. The molecule has 0 saturated carbocycles. The molecule has 84 valence electrons. The van der Waals surface area contributed by atoms with E-state index in [9.17, 15) is 4.79 Å².